The quantitative estimate of drug-likeness (QED) is 0.858. The first-order valence-electron chi connectivity index (χ1n) is 6.46. The van der Waals surface area contributed by atoms with Gasteiger partial charge in [-0.05, 0) is 43.9 Å². The summed E-state index contributed by atoms with van der Waals surface area (Å²) in [6.45, 7) is 0.133. The predicted octanol–water partition coefficient (Wildman–Crippen LogP) is 3.12. The largest absolute Gasteiger partial charge is 0.301 e. The van der Waals surface area contributed by atoms with Gasteiger partial charge in [-0.1, -0.05) is 23.7 Å². The van der Waals surface area contributed by atoms with E-state index in [1.165, 1.54) is 24.3 Å². The highest BCUT2D eigenvalue weighted by molar-refractivity contribution is 7.91. The van der Waals surface area contributed by atoms with Gasteiger partial charge in [0, 0.05) is 12.6 Å². The van der Waals surface area contributed by atoms with E-state index in [2.05, 4.69) is 4.72 Å². The zero-order valence-electron chi connectivity index (χ0n) is 12.1. The Bertz CT molecular complexity index is 747. The van der Waals surface area contributed by atoms with Crippen molar-refractivity contribution in [3.05, 3.63) is 52.1 Å². The molecule has 0 saturated carbocycles. The highest BCUT2D eigenvalue weighted by Gasteiger charge is 2.21. The molecule has 1 N–H and O–H groups in total. The number of nitrogens with one attached hydrogen (secondary N) is 1. The summed E-state index contributed by atoms with van der Waals surface area (Å²) in [4.78, 5) is 1.83. The lowest BCUT2D eigenvalue weighted by Crippen LogP contribution is -2.34. The van der Waals surface area contributed by atoms with E-state index in [9.17, 15) is 12.8 Å². The highest BCUT2D eigenvalue weighted by Crippen LogP contribution is 2.26. The van der Waals surface area contributed by atoms with Crippen molar-refractivity contribution in [2.24, 2.45) is 0 Å². The second-order valence-electron chi connectivity index (χ2n) is 4.94. The smallest absolute Gasteiger partial charge is 0.250 e. The summed E-state index contributed by atoms with van der Waals surface area (Å²) >= 11 is 6.76. The summed E-state index contributed by atoms with van der Waals surface area (Å²) in [6, 6.07) is 8.85. The van der Waals surface area contributed by atoms with Crippen molar-refractivity contribution in [1.29, 1.82) is 0 Å². The number of nitrogens with zero attached hydrogens (tertiary/aromatic N) is 1. The van der Waals surface area contributed by atoms with Crippen LogP contribution in [-0.2, 0) is 10.0 Å². The third-order valence-corrected chi connectivity index (χ3v) is 6.28. The first kappa shape index (κ1) is 17.4. The van der Waals surface area contributed by atoms with Gasteiger partial charge in [-0.2, -0.15) is 0 Å². The summed E-state index contributed by atoms with van der Waals surface area (Å²) in [5.74, 6) is -0.350. The first-order valence-corrected chi connectivity index (χ1v) is 9.14. The number of sulfonamides is 1. The molecule has 0 saturated heterocycles. The fraction of sp³-hybridized carbons (Fsp3) is 0.286. The van der Waals surface area contributed by atoms with E-state index in [0.717, 1.165) is 11.3 Å². The molecular formula is C14H16ClFN2O2S2. The van der Waals surface area contributed by atoms with E-state index in [-0.39, 0.29) is 22.6 Å². The van der Waals surface area contributed by atoms with Crippen LogP contribution >= 0.6 is 22.9 Å². The zero-order chi connectivity index (χ0) is 16.3. The lowest BCUT2D eigenvalue weighted by molar-refractivity contribution is 0.299. The van der Waals surface area contributed by atoms with E-state index >= 15 is 0 Å². The number of thiophene rings is 1. The van der Waals surface area contributed by atoms with Crippen LogP contribution in [0.15, 0.2) is 40.6 Å². The molecule has 1 heterocycles. The molecule has 0 amide bonds. The topological polar surface area (TPSA) is 49.4 Å². The molecule has 2 aromatic rings. The van der Waals surface area contributed by atoms with Crippen molar-refractivity contribution in [2.45, 2.75) is 10.3 Å². The fourth-order valence-corrected chi connectivity index (χ4v) is 4.58. The lowest BCUT2D eigenvalue weighted by atomic mass is 10.1. The Morgan fingerprint density at radius 3 is 2.59 bits per heavy atom. The van der Waals surface area contributed by atoms with Crippen LogP contribution in [0, 0.1) is 5.82 Å². The Kier molecular flexibility index (Phi) is 5.57. The molecule has 8 heteroatoms. The van der Waals surface area contributed by atoms with Crippen LogP contribution in [-0.4, -0.2) is 34.0 Å². The summed E-state index contributed by atoms with van der Waals surface area (Å²) in [6.07, 6.45) is 0. The number of hydrogen-bond donors (Lipinski definition) is 1. The molecule has 0 bridgehead atoms. The van der Waals surface area contributed by atoms with E-state index in [4.69, 9.17) is 11.6 Å². The minimum Gasteiger partial charge on any atom is -0.301 e. The maximum Gasteiger partial charge on any atom is 0.250 e. The summed E-state index contributed by atoms with van der Waals surface area (Å²) in [7, 11) is 0.000283. The number of hydrogen-bond acceptors (Lipinski definition) is 4. The van der Waals surface area contributed by atoms with Crippen LogP contribution in [0.25, 0.3) is 0 Å². The molecule has 0 fully saturated rings. The Morgan fingerprint density at radius 1 is 1.32 bits per heavy atom. The van der Waals surface area contributed by atoms with Gasteiger partial charge in [-0.15, -0.1) is 11.3 Å². The van der Waals surface area contributed by atoms with Crippen molar-refractivity contribution in [2.75, 3.05) is 20.6 Å². The van der Waals surface area contributed by atoms with Crippen LogP contribution in [0.5, 0.6) is 0 Å². The molecule has 0 aliphatic carbocycles. The Balaban J connectivity index is 2.16. The third kappa shape index (κ3) is 4.27. The number of benzene rings is 1. The van der Waals surface area contributed by atoms with E-state index in [1.807, 2.05) is 19.0 Å². The number of likely N-dealkylation sites (N-methyl/N-ethyl adjacent to an activating group) is 1. The number of halogens is 2. The Hall–Kier alpha value is -0.990. The summed E-state index contributed by atoms with van der Waals surface area (Å²) in [5.41, 5.74) is 0.705. The maximum atomic E-state index is 13.4. The van der Waals surface area contributed by atoms with Gasteiger partial charge in [0.2, 0.25) is 10.0 Å². The Labute approximate surface area is 138 Å². The zero-order valence-corrected chi connectivity index (χ0v) is 14.5. The average Bonchev–Trinajstić information content (AvgIpc) is 2.86. The van der Waals surface area contributed by atoms with Gasteiger partial charge in [0.15, 0.2) is 0 Å². The van der Waals surface area contributed by atoms with E-state index in [1.54, 1.807) is 12.1 Å². The monoisotopic (exact) mass is 362 g/mol. The van der Waals surface area contributed by atoms with Crippen LogP contribution in [0.2, 0.25) is 4.34 Å². The van der Waals surface area contributed by atoms with Gasteiger partial charge in [0.05, 0.1) is 4.34 Å². The normalized spacial score (nSPS) is 13.5. The minimum atomic E-state index is -3.62. The van der Waals surface area contributed by atoms with Gasteiger partial charge in [0.25, 0.3) is 0 Å². The van der Waals surface area contributed by atoms with Crippen LogP contribution in [0.1, 0.15) is 11.6 Å². The van der Waals surface area contributed by atoms with Gasteiger partial charge in [0.1, 0.15) is 10.0 Å². The maximum absolute atomic E-state index is 13.4. The molecule has 2 rings (SSSR count). The van der Waals surface area contributed by atoms with Gasteiger partial charge in [-0.25, -0.2) is 17.5 Å². The second-order valence-corrected chi connectivity index (χ2v) is 8.65. The van der Waals surface area contributed by atoms with Crippen molar-refractivity contribution < 1.29 is 12.8 Å². The molecule has 1 atom stereocenters. The summed E-state index contributed by atoms with van der Waals surface area (Å²) in [5, 5.41) is 0. The molecule has 1 aromatic heterocycles. The fourth-order valence-electron chi connectivity index (χ4n) is 2.01. The van der Waals surface area contributed by atoms with Crippen LogP contribution in [0.3, 0.4) is 0 Å². The molecule has 0 spiro atoms. The van der Waals surface area contributed by atoms with Crippen molar-refractivity contribution in [3.8, 4) is 0 Å². The third-order valence-electron chi connectivity index (χ3n) is 3.14. The highest BCUT2D eigenvalue weighted by atomic mass is 35.5. The number of rotatable bonds is 6. The van der Waals surface area contributed by atoms with E-state index in [0.29, 0.717) is 9.90 Å². The Morgan fingerprint density at radius 2 is 2.05 bits per heavy atom. The molecule has 0 radical (unpaired) electrons. The molecule has 1 unspecified atom stereocenters. The molecule has 4 nitrogen and oxygen atoms in total. The van der Waals surface area contributed by atoms with Crippen LogP contribution in [0.4, 0.5) is 4.39 Å². The second kappa shape index (κ2) is 7.06. The SMILES string of the molecule is CN(C)C(CNS(=O)(=O)c1ccc(Cl)s1)c1cccc(F)c1. The molecule has 0 aliphatic heterocycles. The molecule has 1 aromatic carbocycles. The molecular weight excluding hydrogens is 347 g/mol. The standard InChI is InChI=1S/C14H16ClFN2O2S2/c1-18(2)12(10-4-3-5-11(16)8-10)9-17-22(19,20)14-7-6-13(15)21-14/h3-8,12,17H,9H2,1-2H3. The molecule has 120 valence electrons. The van der Waals surface area contributed by atoms with Crippen LogP contribution < -0.4 is 4.72 Å². The minimum absolute atomic E-state index is 0.133. The summed E-state index contributed by atoms with van der Waals surface area (Å²) < 4.78 is 40.9. The molecule has 22 heavy (non-hydrogen) atoms. The van der Waals surface area contributed by atoms with E-state index < -0.39 is 10.0 Å². The first-order chi connectivity index (χ1) is 10.3. The van der Waals surface area contributed by atoms with Crippen molar-refractivity contribution in [3.63, 3.8) is 0 Å². The van der Waals surface area contributed by atoms with Gasteiger partial charge in [-0.3, -0.25) is 0 Å². The predicted molar refractivity (Wildman–Crippen MR) is 87.3 cm³/mol. The molecule has 0 aliphatic rings. The van der Waals surface area contributed by atoms with Gasteiger partial charge >= 0.3 is 0 Å². The average molecular weight is 363 g/mol. The van der Waals surface area contributed by atoms with Crippen molar-refractivity contribution in [1.82, 2.24) is 9.62 Å². The van der Waals surface area contributed by atoms with Crippen molar-refractivity contribution >= 4 is 33.0 Å². The van der Waals surface area contributed by atoms with Gasteiger partial charge < -0.3 is 4.90 Å². The lowest BCUT2D eigenvalue weighted by Gasteiger charge is -2.25.